The zero-order chi connectivity index (χ0) is 15.3. The molecular weight excluding hydrogens is 276 g/mol. The van der Waals surface area contributed by atoms with E-state index in [1.54, 1.807) is 6.20 Å². The molecule has 1 aliphatic heterocycles. The van der Waals surface area contributed by atoms with Crippen molar-refractivity contribution in [3.63, 3.8) is 0 Å². The van der Waals surface area contributed by atoms with Crippen molar-refractivity contribution in [1.29, 1.82) is 0 Å². The van der Waals surface area contributed by atoms with Gasteiger partial charge in [-0.2, -0.15) is 5.10 Å². The summed E-state index contributed by atoms with van der Waals surface area (Å²) in [6, 6.07) is 4.06. The fourth-order valence-corrected chi connectivity index (χ4v) is 3.72. The van der Waals surface area contributed by atoms with Crippen LogP contribution in [0.3, 0.4) is 0 Å². The number of aryl methyl sites for hydroxylation is 1. The minimum Gasteiger partial charge on any atom is -0.342 e. The number of pyridine rings is 1. The van der Waals surface area contributed by atoms with Gasteiger partial charge in [-0.05, 0) is 37.3 Å². The van der Waals surface area contributed by atoms with Crippen LogP contribution in [0.1, 0.15) is 37.8 Å². The number of aromatic nitrogens is 3. The average Bonchev–Trinajstić information content (AvgIpc) is 3.19. The second-order valence-electron chi connectivity index (χ2n) is 6.83. The normalized spacial score (nSPS) is 28.1. The molecule has 1 aliphatic carbocycles. The Bertz CT molecular complexity index is 723. The molecule has 1 amide bonds. The van der Waals surface area contributed by atoms with Gasteiger partial charge in [0.05, 0.1) is 5.69 Å². The highest BCUT2D eigenvalue weighted by molar-refractivity contribution is 5.82. The lowest BCUT2D eigenvalue weighted by Gasteiger charge is -2.32. The monoisotopic (exact) mass is 298 g/mol. The van der Waals surface area contributed by atoms with Gasteiger partial charge in [0.25, 0.3) is 0 Å². The number of rotatable bonds is 2. The van der Waals surface area contributed by atoms with E-state index < -0.39 is 0 Å². The van der Waals surface area contributed by atoms with Crippen molar-refractivity contribution in [1.82, 2.24) is 19.7 Å². The maximum absolute atomic E-state index is 12.5. The van der Waals surface area contributed by atoms with Crippen LogP contribution in [0, 0.1) is 11.8 Å². The summed E-state index contributed by atoms with van der Waals surface area (Å²) in [5.74, 6) is 1.55. The van der Waals surface area contributed by atoms with Gasteiger partial charge in [-0.1, -0.05) is 6.92 Å². The van der Waals surface area contributed by atoms with Crippen molar-refractivity contribution < 1.29 is 4.79 Å². The van der Waals surface area contributed by atoms with Gasteiger partial charge in [0.2, 0.25) is 5.91 Å². The highest BCUT2D eigenvalue weighted by Gasteiger charge is 2.42. The summed E-state index contributed by atoms with van der Waals surface area (Å²) in [6.07, 6.45) is 5.04. The largest absolute Gasteiger partial charge is 0.342 e. The summed E-state index contributed by atoms with van der Waals surface area (Å²) in [6.45, 7) is 3.88. The molecule has 0 spiro atoms. The van der Waals surface area contributed by atoms with E-state index in [2.05, 4.69) is 22.9 Å². The van der Waals surface area contributed by atoms with Gasteiger partial charge < -0.3 is 4.90 Å². The maximum atomic E-state index is 12.5. The molecule has 3 heterocycles. The summed E-state index contributed by atoms with van der Waals surface area (Å²) >= 11 is 0. The number of fused-ring (bicyclic) bond motifs is 1. The van der Waals surface area contributed by atoms with Crippen LogP contribution in [0.25, 0.3) is 11.0 Å². The molecule has 4 rings (SSSR count). The smallest absolute Gasteiger partial charge is 0.225 e. The Kier molecular flexibility index (Phi) is 3.17. The minimum absolute atomic E-state index is 0.279. The molecule has 0 unspecified atom stereocenters. The Morgan fingerprint density at radius 2 is 2.23 bits per heavy atom. The molecule has 22 heavy (non-hydrogen) atoms. The van der Waals surface area contributed by atoms with E-state index in [1.807, 2.05) is 17.8 Å². The number of likely N-dealkylation sites (tertiary alicyclic amines) is 1. The molecule has 3 atom stereocenters. The quantitative estimate of drug-likeness (QED) is 0.855. The van der Waals surface area contributed by atoms with E-state index in [-0.39, 0.29) is 5.92 Å². The van der Waals surface area contributed by atoms with Gasteiger partial charge in [0.15, 0.2) is 5.65 Å². The Morgan fingerprint density at radius 3 is 3.00 bits per heavy atom. The lowest BCUT2D eigenvalue weighted by molar-refractivity contribution is -0.134. The van der Waals surface area contributed by atoms with Gasteiger partial charge in [-0.25, -0.2) is 4.98 Å². The topological polar surface area (TPSA) is 51.0 Å². The van der Waals surface area contributed by atoms with Gasteiger partial charge in [-0.3, -0.25) is 9.48 Å². The predicted octanol–water partition coefficient (Wildman–Crippen LogP) is 2.33. The van der Waals surface area contributed by atoms with Gasteiger partial charge in [-0.15, -0.1) is 0 Å². The predicted molar refractivity (Wildman–Crippen MR) is 84.3 cm³/mol. The first-order valence-corrected chi connectivity index (χ1v) is 8.21. The number of carbonyl (C=O) groups excluding carboxylic acids is 1. The fourth-order valence-electron chi connectivity index (χ4n) is 3.72. The molecule has 2 aromatic heterocycles. The van der Waals surface area contributed by atoms with Crippen molar-refractivity contribution in [2.75, 3.05) is 13.1 Å². The Hall–Kier alpha value is -1.91. The summed E-state index contributed by atoms with van der Waals surface area (Å²) in [5.41, 5.74) is 2.03. The lowest BCUT2D eigenvalue weighted by Crippen LogP contribution is -2.40. The Balaban J connectivity index is 1.60. The number of amides is 1. The van der Waals surface area contributed by atoms with Gasteiger partial charge in [0.1, 0.15) is 0 Å². The summed E-state index contributed by atoms with van der Waals surface area (Å²) in [5, 5.41) is 5.83. The molecule has 0 bridgehead atoms. The maximum Gasteiger partial charge on any atom is 0.225 e. The van der Waals surface area contributed by atoms with Crippen LogP contribution >= 0.6 is 0 Å². The van der Waals surface area contributed by atoms with E-state index in [4.69, 9.17) is 5.10 Å². The average molecular weight is 298 g/mol. The van der Waals surface area contributed by atoms with Crippen LogP contribution in [0.2, 0.25) is 0 Å². The number of nitrogens with zero attached hydrogens (tertiary/aromatic N) is 4. The molecule has 1 saturated carbocycles. The number of hydrogen-bond donors (Lipinski definition) is 0. The molecule has 2 fully saturated rings. The van der Waals surface area contributed by atoms with Crippen molar-refractivity contribution >= 4 is 16.9 Å². The number of hydrogen-bond acceptors (Lipinski definition) is 3. The SMILES string of the molecule is C[C@@H]1C[C@H]1C(=O)N1CCC[C@H](c2nn(C)c3ncccc23)C1. The molecule has 2 aliphatic rings. The summed E-state index contributed by atoms with van der Waals surface area (Å²) < 4.78 is 1.86. The molecular formula is C17H22N4O. The van der Waals surface area contributed by atoms with Crippen molar-refractivity contribution in [3.8, 4) is 0 Å². The molecule has 2 aromatic rings. The third kappa shape index (κ3) is 2.19. The zero-order valence-corrected chi connectivity index (χ0v) is 13.2. The van der Waals surface area contributed by atoms with E-state index >= 15 is 0 Å². The molecule has 0 radical (unpaired) electrons. The van der Waals surface area contributed by atoms with Crippen LogP contribution < -0.4 is 0 Å². The van der Waals surface area contributed by atoms with Gasteiger partial charge >= 0.3 is 0 Å². The first-order valence-electron chi connectivity index (χ1n) is 8.21. The van der Waals surface area contributed by atoms with E-state index in [1.165, 1.54) is 0 Å². The summed E-state index contributed by atoms with van der Waals surface area (Å²) in [7, 11) is 1.94. The van der Waals surface area contributed by atoms with Gasteiger partial charge in [0, 0.05) is 43.6 Å². The Morgan fingerprint density at radius 1 is 1.41 bits per heavy atom. The number of carbonyl (C=O) groups is 1. The van der Waals surface area contributed by atoms with Crippen molar-refractivity contribution in [2.24, 2.45) is 18.9 Å². The first-order chi connectivity index (χ1) is 10.6. The molecule has 0 N–H and O–H groups in total. The minimum atomic E-state index is 0.279. The highest BCUT2D eigenvalue weighted by Crippen LogP contribution is 2.40. The highest BCUT2D eigenvalue weighted by atomic mass is 16.2. The second kappa shape index (κ2) is 5.07. The number of piperidine rings is 1. The summed E-state index contributed by atoms with van der Waals surface area (Å²) in [4.78, 5) is 19.0. The zero-order valence-electron chi connectivity index (χ0n) is 13.2. The molecule has 116 valence electrons. The van der Waals surface area contributed by atoms with E-state index in [0.717, 1.165) is 49.1 Å². The standard InChI is InChI=1S/C17H22N4O/c1-11-9-14(11)17(22)21-8-4-5-12(10-21)15-13-6-3-7-18-16(13)20(2)19-15/h3,6-7,11-12,14H,4-5,8-10H2,1-2H3/t11-,12+,14-/m1/s1. The molecule has 5 nitrogen and oxygen atoms in total. The fraction of sp³-hybridized carbons (Fsp3) is 0.588. The van der Waals surface area contributed by atoms with Crippen molar-refractivity contribution in [3.05, 3.63) is 24.0 Å². The molecule has 0 aromatic carbocycles. The van der Waals surface area contributed by atoms with Crippen molar-refractivity contribution in [2.45, 2.75) is 32.1 Å². The third-order valence-corrected chi connectivity index (χ3v) is 5.17. The van der Waals surface area contributed by atoms with E-state index in [9.17, 15) is 4.79 Å². The van der Waals surface area contributed by atoms with Crippen LogP contribution in [-0.2, 0) is 11.8 Å². The van der Waals surface area contributed by atoms with Crippen LogP contribution in [-0.4, -0.2) is 38.7 Å². The Labute approximate surface area is 130 Å². The molecule has 5 heteroatoms. The van der Waals surface area contributed by atoms with E-state index in [0.29, 0.717) is 17.7 Å². The lowest BCUT2D eigenvalue weighted by atomic mass is 9.93. The van der Waals surface area contributed by atoms with Crippen LogP contribution in [0.4, 0.5) is 0 Å². The molecule has 1 saturated heterocycles. The van der Waals surface area contributed by atoms with Crippen LogP contribution in [0.15, 0.2) is 18.3 Å². The third-order valence-electron chi connectivity index (χ3n) is 5.17. The van der Waals surface area contributed by atoms with Crippen LogP contribution in [0.5, 0.6) is 0 Å². The first kappa shape index (κ1) is 13.7. The second-order valence-corrected chi connectivity index (χ2v) is 6.83.